The number of nitrogens with zero attached hydrogens (tertiary/aromatic N) is 2. The van der Waals surface area contributed by atoms with Crippen LogP contribution < -0.4 is 10.2 Å². The number of carbonyl (C=O) groups is 2. The Morgan fingerprint density at radius 1 is 1.00 bits per heavy atom. The molecule has 2 aromatic carbocycles. The number of amides is 2. The zero-order chi connectivity index (χ0) is 22.4. The highest BCUT2D eigenvalue weighted by atomic mass is 32.2. The van der Waals surface area contributed by atoms with Gasteiger partial charge in [0.2, 0.25) is 15.9 Å². The van der Waals surface area contributed by atoms with E-state index in [0.29, 0.717) is 36.4 Å². The lowest BCUT2D eigenvalue weighted by Gasteiger charge is -2.21. The SMILES string of the molecule is CCC(=O)N(C)c1ccccc1C(=O)Nc1cccc(S(=O)(=O)N2CCCCCC2)c1. The van der Waals surface area contributed by atoms with Crippen LogP contribution in [-0.4, -0.2) is 44.7 Å². The van der Waals surface area contributed by atoms with Crippen LogP contribution in [0, 0.1) is 0 Å². The molecule has 2 aromatic rings. The van der Waals surface area contributed by atoms with E-state index in [0.717, 1.165) is 25.7 Å². The maximum absolute atomic E-state index is 13.1. The third-order valence-corrected chi connectivity index (χ3v) is 7.38. The predicted octanol–water partition coefficient (Wildman–Crippen LogP) is 3.88. The smallest absolute Gasteiger partial charge is 0.257 e. The van der Waals surface area contributed by atoms with Crippen LogP contribution >= 0.6 is 0 Å². The second kappa shape index (κ2) is 10.1. The van der Waals surface area contributed by atoms with Gasteiger partial charge in [0, 0.05) is 32.2 Å². The van der Waals surface area contributed by atoms with Crippen molar-refractivity contribution in [3.8, 4) is 0 Å². The Balaban J connectivity index is 1.83. The molecule has 166 valence electrons. The average Bonchev–Trinajstić information content (AvgIpc) is 3.08. The first-order valence-corrected chi connectivity index (χ1v) is 12.1. The van der Waals surface area contributed by atoms with Gasteiger partial charge in [0.25, 0.3) is 5.91 Å². The van der Waals surface area contributed by atoms with Crippen molar-refractivity contribution in [1.29, 1.82) is 0 Å². The third kappa shape index (κ3) is 5.32. The highest BCUT2D eigenvalue weighted by molar-refractivity contribution is 7.89. The van der Waals surface area contributed by atoms with Crippen LogP contribution in [0.25, 0.3) is 0 Å². The van der Waals surface area contributed by atoms with Gasteiger partial charge in [-0.1, -0.05) is 38.0 Å². The summed E-state index contributed by atoms with van der Waals surface area (Å²) >= 11 is 0. The molecule has 1 N–H and O–H groups in total. The molecule has 0 unspecified atom stereocenters. The van der Waals surface area contributed by atoms with E-state index in [1.54, 1.807) is 56.4 Å². The number of para-hydroxylation sites is 1. The van der Waals surface area contributed by atoms with Gasteiger partial charge in [-0.15, -0.1) is 0 Å². The highest BCUT2D eigenvalue weighted by Gasteiger charge is 2.25. The zero-order valence-corrected chi connectivity index (χ0v) is 18.8. The molecule has 8 heteroatoms. The molecule has 1 aliphatic rings. The first kappa shape index (κ1) is 23.0. The van der Waals surface area contributed by atoms with Gasteiger partial charge in [0.05, 0.1) is 16.1 Å². The van der Waals surface area contributed by atoms with E-state index in [2.05, 4.69) is 5.32 Å². The Kier molecular flexibility index (Phi) is 7.46. The molecule has 0 spiro atoms. The normalized spacial score (nSPS) is 15.2. The lowest BCUT2D eigenvalue weighted by molar-refractivity contribution is -0.118. The summed E-state index contributed by atoms with van der Waals surface area (Å²) in [6.45, 7) is 2.80. The fourth-order valence-corrected chi connectivity index (χ4v) is 5.26. The van der Waals surface area contributed by atoms with E-state index in [1.807, 2.05) is 0 Å². The Morgan fingerprint density at radius 2 is 1.68 bits per heavy atom. The van der Waals surface area contributed by atoms with Crippen LogP contribution in [0.3, 0.4) is 0 Å². The molecule has 1 fully saturated rings. The van der Waals surface area contributed by atoms with Gasteiger partial charge in [0.1, 0.15) is 0 Å². The number of benzene rings is 2. The van der Waals surface area contributed by atoms with Gasteiger partial charge in [-0.2, -0.15) is 4.31 Å². The van der Waals surface area contributed by atoms with E-state index >= 15 is 0 Å². The van der Waals surface area contributed by atoms with Crippen molar-refractivity contribution in [1.82, 2.24) is 4.31 Å². The Labute approximate surface area is 184 Å². The van der Waals surface area contributed by atoms with E-state index < -0.39 is 15.9 Å². The second-order valence-electron chi connectivity index (χ2n) is 7.62. The van der Waals surface area contributed by atoms with Crippen LogP contribution in [0.2, 0.25) is 0 Å². The number of anilines is 2. The maximum atomic E-state index is 13.1. The van der Waals surface area contributed by atoms with Gasteiger partial charge < -0.3 is 10.2 Å². The van der Waals surface area contributed by atoms with Crippen LogP contribution in [0.15, 0.2) is 53.4 Å². The summed E-state index contributed by atoms with van der Waals surface area (Å²) < 4.78 is 27.7. The minimum absolute atomic E-state index is 0.106. The standard InChI is InChI=1S/C23H29N3O4S/c1-3-22(27)25(2)21-14-7-6-13-20(21)23(28)24-18-11-10-12-19(17-18)31(29,30)26-15-8-4-5-9-16-26/h6-7,10-14,17H,3-5,8-9,15-16H2,1-2H3,(H,24,28). The topological polar surface area (TPSA) is 86.8 Å². The maximum Gasteiger partial charge on any atom is 0.257 e. The second-order valence-corrected chi connectivity index (χ2v) is 9.56. The van der Waals surface area contributed by atoms with Crippen molar-refractivity contribution < 1.29 is 18.0 Å². The predicted molar refractivity (Wildman–Crippen MR) is 122 cm³/mol. The number of sulfonamides is 1. The summed E-state index contributed by atoms with van der Waals surface area (Å²) in [6, 6.07) is 13.2. The van der Waals surface area contributed by atoms with E-state index in [4.69, 9.17) is 0 Å². The molecule has 1 heterocycles. The molecule has 0 radical (unpaired) electrons. The van der Waals surface area contributed by atoms with Gasteiger partial charge in [-0.05, 0) is 43.2 Å². The molecule has 1 saturated heterocycles. The largest absolute Gasteiger partial charge is 0.322 e. The Hall–Kier alpha value is -2.71. The summed E-state index contributed by atoms with van der Waals surface area (Å²) in [5.74, 6) is -0.513. The Morgan fingerprint density at radius 3 is 2.35 bits per heavy atom. The third-order valence-electron chi connectivity index (χ3n) is 5.48. The Bertz CT molecular complexity index is 1040. The van der Waals surface area contributed by atoms with E-state index in [1.165, 1.54) is 15.3 Å². The molecule has 7 nitrogen and oxygen atoms in total. The minimum Gasteiger partial charge on any atom is -0.322 e. The number of nitrogens with one attached hydrogen (secondary N) is 1. The lowest BCUT2D eigenvalue weighted by Crippen LogP contribution is -2.32. The van der Waals surface area contributed by atoms with Crippen molar-refractivity contribution in [3.05, 3.63) is 54.1 Å². The first-order valence-electron chi connectivity index (χ1n) is 10.6. The molecule has 0 aromatic heterocycles. The summed E-state index contributed by atoms with van der Waals surface area (Å²) in [5.41, 5.74) is 1.23. The summed E-state index contributed by atoms with van der Waals surface area (Å²) in [4.78, 5) is 26.7. The first-order chi connectivity index (χ1) is 14.8. The highest BCUT2D eigenvalue weighted by Crippen LogP contribution is 2.25. The molecule has 0 atom stereocenters. The van der Waals surface area contributed by atoms with Gasteiger partial charge in [-0.25, -0.2) is 8.42 Å². The number of carbonyl (C=O) groups excluding carboxylic acids is 2. The monoisotopic (exact) mass is 443 g/mol. The van der Waals surface area contributed by atoms with Crippen LogP contribution in [0.5, 0.6) is 0 Å². The molecule has 3 rings (SSSR count). The van der Waals surface area contributed by atoms with Crippen molar-refractivity contribution >= 4 is 33.2 Å². The summed E-state index contributed by atoms with van der Waals surface area (Å²) in [5, 5.41) is 2.78. The molecule has 31 heavy (non-hydrogen) atoms. The summed E-state index contributed by atoms with van der Waals surface area (Å²) in [6.07, 6.45) is 4.11. The van der Waals surface area contributed by atoms with Crippen molar-refractivity contribution in [2.45, 2.75) is 43.9 Å². The number of hydrogen-bond acceptors (Lipinski definition) is 4. The molecular formula is C23H29N3O4S. The quantitative estimate of drug-likeness (QED) is 0.734. The van der Waals surface area contributed by atoms with E-state index in [-0.39, 0.29) is 10.8 Å². The fraction of sp³-hybridized carbons (Fsp3) is 0.391. The summed E-state index contributed by atoms with van der Waals surface area (Å²) in [7, 11) is -1.98. The van der Waals surface area contributed by atoms with Crippen molar-refractivity contribution in [2.75, 3.05) is 30.4 Å². The van der Waals surface area contributed by atoms with Gasteiger partial charge >= 0.3 is 0 Å². The number of rotatable bonds is 6. The molecule has 1 aliphatic heterocycles. The van der Waals surface area contributed by atoms with Crippen molar-refractivity contribution in [2.24, 2.45) is 0 Å². The molecule has 2 amide bonds. The van der Waals surface area contributed by atoms with Crippen LogP contribution in [-0.2, 0) is 14.8 Å². The molecule has 0 aliphatic carbocycles. The molecular weight excluding hydrogens is 414 g/mol. The fourth-order valence-electron chi connectivity index (χ4n) is 3.69. The van der Waals surface area contributed by atoms with Gasteiger partial charge in [-0.3, -0.25) is 9.59 Å². The average molecular weight is 444 g/mol. The van der Waals surface area contributed by atoms with Gasteiger partial charge in [0.15, 0.2) is 0 Å². The van der Waals surface area contributed by atoms with Crippen LogP contribution in [0.4, 0.5) is 11.4 Å². The molecule has 0 bridgehead atoms. The van der Waals surface area contributed by atoms with Crippen LogP contribution in [0.1, 0.15) is 49.4 Å². The zero-order valence-electron chi connectivity index (χ0n) is 18.0. The van der Waals surface area contributed by atoms with Crippen molar-refractivity contribution in [3.63, 3.8) is 0 Å². The lowest BCUT2D eigenvalue weighted by atomic mass is 10.1. The number of hydrogen-bond donors (Lipinski definition) is 1. The molecule has 0 saturated carbocycles. The minimum atomic E-state index is -3.62. The van der Waals surface area contributed by atoms with E-state index in [9.17, 15) is 18.0 Å².